The fraction of sp³-hybridized carbons (Fsp3) is 0.250. The molecule has 3 aromatic rings. The van der Waals surface area contributed by atoms with Crippen LogP contribution in [0.5, 0.6) is 0 Å². The number of anilines is 2. The number of rotatable bonds is 2. The third kappa shape index (κ3) is 3.43. The zero-order valence-electron chi connectivity index (χ0n) is 19.3. The molecule has 0 unspecified atom stereocenters. The van der Waals surface area contributed by atoms with Gasteiger partial charge in [0.05, 0.1) is 16.8 Å². The SMILES string of the molecule is O=C1NC(=O)[C@]2(Cc3ccccc3N3CC[C@@H](c4ccccc4)C[C@H]32)C(=O)N1c1cc(Cl)ccc1Cl. The smallest absolute Gasteiger partial charge is 0.335 e. The van der Waals surface area contributed by atoms with E-state index in [-0.39, 0.29) is 23.0 Å². The third-order valence-corrected chi connectivity index (χ3v) is 8.33. The third-order valence-electron chi connectivity index (χ3n) is 7.78. The number of halogens is 2. The summed E-state index contributed by atoms with van der Waals surface area (Å²) in [6.45, 7) is 0.690. The van der Waals surface area contributed by atoms with Gasteiger partial charge in [0.2, 0.25) is 5.91 Å². The van der Waals surface area contributed by atoms with Gasteiger partial charge in [-0.15, -0.1) is 0 Å². The Balaban J connectivity index is 1.50. The Morgan fingerprint density at radius 3 is 2.44 bits per heavy atom. The normalized spacial score (nSPS) is 25.4. The monoisotopic (exact) mass is 519 g/mol. The molecule has 0 aromatic heterocycles. The predicted molar refractivity (Wildman–Crippen MR) is 140 cm³/mol. The van der Waals surface area contributed by atoms with Gasteiger partial charge >= 0.3 is 6.03 Å². The zero-order chi connectivity index (χ0) is 25.0. The molecule has 3 aliphatic heterocycles. The van der Waals surface area contributed by atoms with Gasteiger partial charge in [0.15, 0.2) is 5.41 Å². The number of hydrogen-bond acceptors (Lipinski definition) is 4. The number of carbonyl (C=O) groups is 3. The minimum Gasteiger partial charge on any atom is -0.367 e. The fourth-order valence-electron chi connectivity index (χ4n) is 6.09. The summed E-state index contributed by atoms with van der Waals surface area (Å²) in [6, 6.07) is 21.4. The number of barbiturate groups is 1. The highest BCUT2D eigenvalue weighted by molar-refractivity contribution is 6.39. The number of hydrogen-bond donors (Lipinski definition) is 1. The molecule has 4 amide bonds. The van der Waals surface area contributed by atoms with Gasteiger partial charge in [-0.2, -0.15) is 0 Å². The number of para-hydroxylation sites is 1. The summed E-state index contributed by atoms with van der Waals surface area (Å²) in [6.07, 6.45) is 1.69. The Morgan fingerprint density at radius 1 is 0.889 bits per heavy atom. The minimum absolute atomic E-state index is 0.166. The molecule has 1 N–H and O–H groups in total. The lowest BCUT2D eigenvalue weighted by Gasteiger charge is -2.55. The average Bonchev–Trinajstić information content (AvgIpc) is 2.89. The molecule has 3 heterocycles. The maximum absolute atomic E-state index is 14.4. The van der Waals surface area contributed by atoms with Crippen LogP contribution in [0.2, 0.25) is 10.0 Å². The van der Waals surface area contributed by atoms with E-state index in [1.165, 1.54) is 17.7 Å². The van der Waals surface area contributed by atoms with Crippen molar-refractivity contribution in [3.8, 4) is 0 Å². The Kier molecular flexibility index (Phi) is 5.54. The van der Waals surface area contributed by atoms with Crippen LogP contribution in [-0.2, 0) is 16.0 Å². The molecule has 3 aliphatic rings. The summed E-state index contributed by atoms with van der Waals surface area (Å²) < 4.78 is 0. The van der Waals surface area contributed by atoms with Crippen molar-refractivity contribution in [2.75, 3.05) is 16.3 Å². The molecule has 6 nitrogen and oxygen atoms in total. The molecule has 3 atom stereocenters. The van der Waals surface area contributed by atoms with Crippen LogP contribution in [-0.4, -0.2) is 30.4 Å². The van der Waals surface area contributed by atoms with Crippen LogP contribution in [0.15, 0.2) is 72.8 Å². The van der Waals surface area contributed by atoms with Crippen molar-refractivity contribution in [2.24, 2.45) is 5.41 Å². The summed E-state index contributed by atoms with van der Waals surface area (Å²) in [5.74, 6) is -0.959. The first-order valence-electron chi connectivity index (χ1n) is 11.9. The van der Waals surface area contributed by atoms with Gasteiger partial charge < -0.3 is 4.90 Å². The summed E-state index contributed by atoms with van der Waals surface area (Å²) in [5, 5.41) is 3.01. The second kappa shape index (κ2) is 8.64. The maximum atomic E-state index is 14.4. The molecule has 182 valence electrons. The first-order chi connectivity index (χ1) is 17.4. The molecule has 36 heavy (non-hydrogen) atoms. The number of amides is 4. The van der Waals surface area contributed by atoms with Gasteiger partial charge in [-0.1, -0.05) is 71.7 Å². The number of benzene rings is 3. The Bertz CT molecular complexity index is 1400. The molecule has 2 fully saturated rings. The van der Waals surface area contributed by atoms with Crippen molar-refractivity contribution in [1.29, 1.82) is 0 Å². The van der Waals surface area contributed by atoms with Gasteiger partial charge in [0.25, 0.3) is 5.91 Å². The van der Waals surface area contributed by atoms with Crippen LogP contribution in [0.4, 0.5) is 16.2 Å². The van der Waals surface area contributed by atoms with E-state index < -0.39 is 29.3 Å². The lowest BCUT2D eigenvalue weighted by atomic mass is 9.64. The van der Waals surface area contributed by atoms with E-state index >= 15 is 0 Å². The van der Waals surface area contributed by atoms with Crippen LogP contribution in [0, 0.1) is 5.41 Å². The first kappa shape index (κ1) is 23.1. The topological polar surface area (TPSA) is 69.7 Å². The molecule has 3 aromatic carbocycles. The zero-order valence-corrected chi connectivity index (χ0v) is 20.8. The molecular weight excluding hydrogens is 497 g/mol. The molecular formula is C28H23Cl2N3O3. The molecule has 2 saturated heterocycles. The number of imide groups is 2. The highest BCUT2D eigenvalue weighted by atomic mass is 35.5. The quantitative estimate of drug-likeness (QED) is 0.449. The van der Waals surface area contributed by atoms with Crippen molar-refractivity contribution >= 4 is 52.4 Å². The van der Waals surface area contributed by atoms with Gasteiger partial charge in [0, 0.05) is 17.3 Å². The highest BCUT2D eigenvalue weighted by Gasteiger charge is 2.63. The number of nitrogens with one attached hydrogen (secondary N) is 1. The van der Waals surface area contributed by atoms with E-state index in [9.17, 15) is 14.4 Å². The van der Waals surface area contributed by atoms with Crippen LogP contribution < -0.4 is 15.1 Å². The Labute approximate surface area is 218 Å². The largest absolute Gasteiger partial charge is 0.367 e. The maximum Gasteiger partial charge on any atom is 0.335 e. The van der Waals surface area contributed by atoms with Gasteiger partial charge in [-0.25, -0.2) is 9.69 Å². The summed E-state index contributed by atoms with van der Waals surface area (Å²) in [5.41, 5.74) is 1.79. The van der Waals surface area contributed by atoms with Crippen LogP contribution >= 0.6 is 23.2 Å². The summed E-state index contributed by atoms with van der Waals surface area (Å²) in [4.78, 5) is 44.4. The van der Waals surface area contributed by atoms with Gasteiger partial charge in [-0.3, -0.25) is 14.9 Å². The second-order valence-corrected chi connectivity index (χ2v) is 10.5. The van der Waals surface area contributed by atoms with Crippen molar-refractivity contribution in [3.05, 3.63) is 94.0 Å². The predicted octanol–water partition coefficient (Wildman–Crippen LogP) is 5.57. The molecule has 0 saturated carbocycles. The number of piperidine rings is 1. The van der Waals surface area contributed by atoms with Crippen molar-refractivity contribution < 1.29 is 14.4 Å². The lowest BCUT2D eigenvalue weighted by Crippen LogP contribution is -2.73. The molecule has 1 spiro atoms. The average molecular weight is 520 g/mol. The standard InChI is InChI=1S/C28H23Cl2N3O3/c29-20-10-11-21(30)23(15-20)33-26(35)28(25(34)31-27(33)36)16-19-8-4-5-9-22(19)32-13-12-18(14-24(28)32)17-6-2-1-3-7-17/h1-11,15,18,24H,12-14,16H2,(H,31,34,36)/t18-,24+,28-/m1/s1. The van der Waals surface area contributed by atoms with Crippen molar-refractivity contribution in [1.82, 2.24) is 5.32 Å². The van der Waals surface area contributed by atoms with E-state index in [4.69, 9.17) is 23.2 Å². The molecule has 0 radical (unpaired) electrons. The number of fused-ring (bicyclic) bond motifs is 4. The Hall–Kier alpha value is -3.35. The minimum atomic E-state index is -1.50. The molecule has 0 bridgehead atoms. The summed E-state index contributed by atoms with van der Waals surface area (Å²) >= 11 is 12.6. The van der Waals surface area contributed by atoms with Gasteiger partial charge in [0.1, 0.15) is 0 Å². The molecule has 6 rings (SSSR count). The number of nitrogens with zero attached hydrogens (tertiary/aromatic N) is 2. The van der Waals surface area contributed by atoms with E-state index in [1.807, 2.05) is 42.5 Å². The fourth-order valence-corrected chi connectivity index (χ4v) is 6.46. The van der Waals surface area contributed by atoms with Gasteiger partial charge in [-0.05, 0) is 60.6 Å². The van der Waals surface area contributed by atoms with Crippen LogP contribution in [0.1, 0.15) is 29.9 Å². The van der Waals surface area contributed by atoms with Crippen LogP contribution in [0.3, 0.4) is 0 Å². The first-order valence-corrected chi connectivity index (χ1v) is 12.7. The van der Waals surface area contributed by atoms with Crippen molar-refractivity contribution in [2.45, 2.75) is 31.2 Å². The summed E-state index contributed by atoms with van der Waals surface area (Å²) in [7, 11) is 0. The Morgan fingerprint density at radius 2 is 1.64 bits per heavy atom. The highest BCUT2D eigenvalue weighted by Crippen LogP contribution is 2.50. The van der Waals surface area contributed by atoms with Crippen molar-refractivity contribution in [3.63, 3.8) is 0 Å². The van der Waals surface area contributed by atoms with Crippen LogP contribution in [0.25, 0.3) is 0 Å². The lowest BCUT2D eigenvalue weighted by molar-refractivity contribution is -0.145. The van der Waals surface area contributed by atoms with E-state index in [2.05, 4.69) is 22.3 Å². The number of carbonyl (C=O) groups excluding carboxylic acids is 3. The molecule has 0 aliphatic carbocycles. The van der Waals surface area contributed by atoms with E-state index in [0.29, 0.717) is 18.0 Å². The van der Waals surface area contributed by atoms with E-state index in [0.717, 1.165) is 22.6 Å². The van der Waals surface area contributed by atoms with E-state index in [1.54, 1.807) is 6.07 Å². The second-order valence-electron chi connectivity index (χ2n) is 9.61. The molecule has 8 heteroatoms. The number of urea groups is 1.